The van der Waals surface area contributed by atoms with E-state index in [9.17, 15) is 4.79 Å². The molecule has 0 spiro atoms. The van der Waals surface area contributed by atoms with Crippen molar-refractivity contribution in [3.63, 3.8) is 0 Å². The Kier molecular flexibility index (Phi) is 7.93. The summed E-state index contributed by atoms with van der Waals surface area (Å²) in [6.07, 6.45) is 2.69. The Bertz CT molecular complexity index is 387. The summed E-state index contributed by atoms with van der Waals surface area (Å²) in [4.78, 5) is 11.6. The van der Waals surface area contributed by atoms with Gasteiger partial charge in [0.25, 0.3) is 0 Å². The van der Waals surface area contributed by atoms with Crippen LogP contribution in [0.3, 0.4) is 0 Å². The summed E-state index contributed by atoms with van der Waals surface area (Å²) >= 11 is 5.04. The van der Waals surface area contributed by atoms with Gasteiger partial charge in [-0.2, -0.15) is 11.8 Å². The van der Waals surface area contributed by atoms with Gasteiger partial charge in [0.05, 0.1) is 12.6 Å². The number of nitrogens with one attached hydrogen (secondary N) is 1. The predicted molar refractivity (Wildman–Crippen MR) is 83.6 cm³/mol. The van der Waals surface area contributed by atoms with Crippen molar-refractivity contribution in [1.29, 1.82) is 0 Å². The van der Waals surface area contributed by atoms with Crippen molar-refractivity contribution in [3.8, 4) is 5.75 Å². The molecule has 1 atom stereocenters. The third-order valence-corrected chi connectivity index (χ3v) is 3.63. The Labute approximate surface area is 126 Å². The second kappa shape index (κ2) is 9.23. The first-order chi connectivity index (χ1) is 9.13. The van der Waals surface area contributed by atoms with E-state index in [0.29, 0.717) is 19.6 Å². The smallest absolute Gasteiger partial charge is 0.237 e. The number of rotatable bonds is 8. The summed E-state index contributed by atoms with van der Waals surface area (Å²) in [5.41, 5.74) is 5.74. The van der Waals surface area contributed by atoms with E-state index in [1.807, 2.05) is 30.5 Å². The lowest BCUT2D eigenvalue weighted by molar-refractivity contribution is -0.122. The molecule has 0 saturated carbocycles. The molecular formula is C13H19BrN2O2S. The fourth-order valence-electron chi connectivity index (χ4n) is 1.38. The predicted octanol–water partition coefficient (Wildman–Crippen LogP) is 2.02. The molecule has 0 bridgehead atoms. The molecule has 106 valence electrons. The topological polar surface area (TPSA) is 64.4 Å². The van der Waals surface area contributed by atoms with Crippen LogP contribution in [0.4, 0.5) is 0 Å². The number of benzene rings is 1. The van der Waals surface area contributed by atoms with E-state index in [0.717, 1.165) is 16.0 Å². The summed E-state index contributed by atoms with van der Waals surface area (Å²) in [6.45, 7) is 0.893. The maximum absolute atomic E-state index is 11.6. The summed E-state index contributed by atoms with van der Waals surface area (Å²) in [5.74, 6) is 1.56. The number of thioether (sulfide) groups is 1. The van der Waals surface area contributed by atoms with Crippen molar-refractivity contribution in [3.05, 3.63) is 28.7 Å². The molecule has 3 N–H and O–H groups in total. The van der Waals surface area contributed by atoms with E-state index in [-0.39, 0.29) is 5.91 Å². The van der Waals surface area contributed by atoms with Gasteiger partial charge >= 0.3 is 0 Å². The van der Waals surface area contributed by atoms with Crippen LogP contribution in [0.1, 0.15) is 6.42 Å². The van der Waals surface area contributed by atoms with E-state index in [2.05, 4.69) is 21.2 Å². The van der Waals surface area contributed by atoms with Crippen molar-refractivity contribution >= 4 is 33.6 Å². The third kappa shape index (κ3) is 6.84. The number of halogens is 1. The Hall–Kier alpha value is -0.720. The minimum absolute atomic E-state index is 0.117. The summed E-state index contributed by atoms with van der Waals surface area (Å²) < 4.78 is 6.50. The van der Waals surface area contributed by atoms with Crippen LogP contribution in [0.5, 0.6) is 5.75 Å². The van der Waals surface area contributed by atoms with Crippen molar-refractivity contribution in [2.24, 2.45) is 5.73 Å². The first kappa shape index (κ1) is 16.3. The zero-order valence-electron chi connectivity index (χ0n) is 10.9. The molecule has 19 heavy (non-hydrogen) atoms. The number of carbonyl (C=O) groups excluding carboxylic acids is 1. The van der Waals surface area contributed by atoms with Gasteiger partial charge in [-0.1, -0.05) is 15.9 Å². The van der Waals surface area contributed by atoms with Crippen LogP contribution in [-0.2, 0) is 4.79 Å². The average molecular weight is 347 g/mol. The lowest BCUT2D eigenvalue weighted by Crippen LogP contribution is -2.42. The maximum atomic E-state index is 11.6. The molecule has 6 heteroatoms. The molecule has 0 unspecified atom stereocenters. The molecule has 0 heterocycles. The normalized spacial score (nSPS) is 11.9. The fraction of sp³-hybridized carbons (Fsp3) is 0.462. The molecule has 0 saturated heterocycles. The van der Waals surface area contributed by atoms with Crippen molar-refractivity contribution in [2.45, 2.75) is 12.5 Å². The van der Waals surface area contributed by atoms with Crippen molar-refractivity contribution < 1.29 is 9.53 Å². The molecule has 0 aliphatic carbocycles. The molecule has 0 aliphatic heterocycles. The number of hydrogen-bond acceptors (Lipinski definition) is 4. The molecule has 4 nitrogen and oxygen atoms in total. The maximum Gasteiger partial charge on any atom is 0.237 e. The number of hydrogen-bond donors (Lipinski definition) is 2. The standard InChI is InChI=1S/C13H19BrN2O2S/c1-19-9-6-12(15)13(17)16-7-8-18-11-4-2-10(14)3-5-11/h2-5,12H,6-9,15H2,1H3,(H,16,17)/t12-/m0/s1. The first-order valence-electron chi connectivity index (χ1n) is 6.04. The Morgan fingerprint density at radius 1 is 1.47 bits per heavy atom. The van der Waals surface area contributed by atoms with Crippen LogP contribution < -0.4 is 15.8 Å². The quantitative estimate of drug-likeness (QED) is 0.707. The summed E-state index contributed by atoms with van der Waals surface area (Å²) in [5, 5.41) is 2.77. The number of amides is 1. The van der Waals surface area contributed by atoms with Crippen molar-refractivity contribution in [1.82, 2.24) is 5.32 Å². The molecule has 1 aromatic rings. The second-order valence-electron chi connectivity index (χ2n) is 3.98. The zero-order chi connectivity index (χ0) is 14.1. The highest BCUT2D eigenvalue weighted by Crippen LogP contribution is 2.15. The average Bonchev–Trinajstić information content (AvgIpc) is 2.42. The van der Waals surface area contributed by atoms with Crippen LogP contribution in [0.25, 0.3) is 0 Å². The molecule has 1 rings (SSSR count). The zero-order valence-corrected chi connectivity index (χ0v) is 13.3. The highest BCUT2D eigenvalue weighted by Gasteiger charge is 2.11. The second-order valence-corrected chi connectivity index (χ2v) is 5.88. The number of carbonyl (C=O) groups is 1. The van der Waals surface area contributed by atoms with Gasteiger partial charge in [-0.25, -0.2) is 0 Å². The van der Waals surface area contributed by atoms with Gasteiger partial charge in [0, 0.05) is 4.47 Å². The van der Waals surface area contributed by atoms with E-state index in [4.69, 9.17) is 10.5 Å². The fourth-order valence-corrected chi connectivity index (χ4v) is 2.13. The Morgan fingerprint density at radius 2 is 2.16 bits per heavy atom. The summed E-state index contributed by atoms with van der Waals surface area (Å²) in [6, 6.07) is 7.13. The minimum atomic E-state index is -0.430. The molecule has 0 fully saturated rings. The highest BCUT2D eigenvalue weighted by molar-refractivity contribution is 9.10. The van der Waals surface area contributed by atoms with Crippen LogP contribution in [0.2, 0.25) is 0 Å². The van der Waals surface area contributed by atoms with Gasteiger partial charge in [0.2, 0.25) is 5.91 Å². The van der Waals surface area contributed by atoms with Gasteiger partial charge in [0.1, 0.15) is 12.4 Å². The molecule has 1 aromatic carbocycles. The summed E-state index contributed by atoms with van der Waals surface area (Å²) in [7, 11) is 0. The lowest BCUT2D eigenvalue weighted by Gasteiger charge is -2.12. The van der Waals surface area contributed by atoms with Gasteiger partial charge in [-0.3, -0.25) is 4.79 Å². The number of ether oxygens (including phenoxy) is 1. The minimum Gasteiger partial charge on any atom is -0.492 e. The van der Waals surface area contributed by atoms with Gasteiger partial charge < -0.3 is 15.8 Å². The van der Waals surface area contributed by atoms with E-state index < -0.39 is 6.04 Å². The van der Waals surface area contributed by atoms with Crippen LogP contribution >= 0.6 is 27.7 Å². The lowest BCUT2D eigenvalue weighted by atomic mass is 10.2. The first-order valence-corrected chi connectivity index (χ1v) is 8.22. The third-order valence-electron chi connectivity index (χ3n) is 2.45. The van der Waals surface area contributed by atoms with Gasteiger partial charge in [0.15, 0.2) is 0 Å². The Morgan fingerprint density at radius 3 is 2.79 bits per heavy atom. The molecular weight excluding hydrogens is 328 g/mol. The monoisotopic (exact) mass is 346 g/mol. The van der Waals surface area contributed by atoms with Crippen molar-refractivity contribution in [2.75, 3.05) is 25.2 Å². The van der Waals surface area contributed by atoms with E-state index in [1.54, 1.807) is 11.8 Å². The van der Waals surface area contributed by atoms with Crippen LogP contribution in [-0.4, -0.2) is 37.1 Å². The SMILES string of the molecule is CSCC[C@H](N)C(=O)NCCOc1ccc(Br)cc1. The molecule has 0 aliphatic rings. The van der Waals surface area contributed by atoms with Crippen LogP contribution in [0.15, 0.2) is 28.7 Å². The number of nitrogens with two attached hydrogens (primary N) is 1. The Balaban J connectivity index is 2.16. The van der Waals surface area contributed by atoms with Gasteiger partial charge in [-0.15, -0.1) is 0 Å². The van der Waals surface area contributed by atoms with E-state index >= 15 is 0 Å². The van der Waals surface area contributed by atoms with Gasteiger partial charge in [-0.05, 0) is 42.7 Å². The van der Waals surface area contributed by atoms with E-state index in [1.165, 1.54) is 0 Å². The molecule has 0 radical (unpaired) electrons. The van der Waals surface area contributed by atoms with Crippen LogP contribution in [0, 0.1) is 0 Å². The largest absolute Gasteiger partial charge is 0.492 e. The molecule has 0 aromatic heterocycles. The highest BCUT2D eigenvalue weighted by atomic mass is 79.9. The molecule has 1 amide bonds.